The lowest BCUT2D eigenvalue weighted by atomic mass is 9.97. The summed E-state index contributed by atoms with van der Waals surface area (Å²) < 4.78 is 11.6. The molecule has 2 atom stereocenters. The van der Waals surface area contributed by atoms with E-state index in [1.54, 1.807) is 6.92 Å². The average molecular weight is 454 g/mol. The molecular formula is C27H35NO5. The molecule has 6 heteroatoms. The zero-order chi connectivity index (χ0) is 23.6. The molecule has 6 nitrogen and oxygen atoms in total. The third kappa shape index (κ3) is 7.90. The molecule has 0 saturated carbocycles. The fourth-order valence-corrected chi connectivity index (χ4v) is 4.16. The molecular weight excluding hydrogens is 418 g/mol. The van der Waals surface area contributed by atoms with Crippen molar-refractivity contribution < 1.29 is 24.2 Å². The summed E-state index contributed by atoms with van der Waals surface area (Å²) in [5.74, 6) is -0.104. The predicted molar refractivity (Wildman–Crippen MR) is 127 cm³/mol. The molecule has 3 rings (SSSR count). The smallest absolute Gasteiger partial charge is 0.324 e. The van der Waals surface area contributed by atoms with E-state index in [2.05, 4.69) is 25.1 Å². The van der Waals surface area contributed by atoms with Gasteiger partial charge in [-0.1, -0.05) is 55.5 Å². The molecule has 2 unspecified atom stereocenters. The maximum absolute atomic E-state index is 12.8. The number of aryl methyl sites for hydroxylation is 2. The van der Waals surface area contributed by atoms with Crippen LogP contribution in [-0.2, 0) is 27.2 Å². The van der Waals surface area contributed by atoms with Gasteiger partial charge in [0.05, 0.1) is 6.42 Å². The minimum absolute atomic E-state index is 0.213. The SMILES string of the molecule is CC1CCN(C(CC(=O)O)C(=O)OC(C)COc2ccccc2CCc2ccccc2)CC1. The summed E-state index contributed by atoms with van der Waals surface area (Å²) >= 11 is 0. The second-order valence-corrected chi connectivity index (χ2v) is 8.98. The number of carbonyl (C=O) groups excluding carboxylic acids is 1. The van der Waals surface area contributed by atoms with Gasteiger partial charge in [-0.3, -0.25) is 14.5 Å². The Labute approximate surface area is 196 Å². The molecule has 33 heavy (non-hydrogen) atoms. The Morgan fingerprint density at radius 1 is 1.03 bits per heavy atom. The van der Waals surface area contributed by atoms with Crippen LogP contribution in [-0.4, -0.2) is 53.8 Å². The molecule has 1 aliphatic rings. The molecule has 1 N–H and O–H groups in total. The Morgan fingerprint density at radius 2 is 1.70 bits per heavy atom. The number of rotatable bonds is 11. The van der Waals surface area contributed by atoms with Crippen molar-refractivity contribution in [3.8, 4) is 5.75 Å². The average Bonchev–Trinajstić information content (AvgIpc) is 2.81. The van der Waals surface area contributed by atoms with Gasteiger partial charge < -0.3 is 14.6 Å². The summed E-state index contributed by atoms with van der Waals surface area (Å²) in [6.45, 7) is 5.60. The largest absolute Gasteiger partial charge is 0.489 e. The van der Waals surface area contributed by atoms with E-state index >= 15 is 0 Å². The molecule has 0 aliphatic carbocycles. The number of carboxylic acid groups (broad SMARTS) is 1. The van der Waals surface area contributed by atoms with Gasteiger partial charge in [0.15, 0.2) is 0 Å². The van der Waals surface area contributed by atoms with Crippen LogP contribution < -0.4 is 4.74 Å². The first kappa shape index (κ1) is 24.8. The molecule has 1 fully saturated rings. The molecule has 2 aromatic rings. The first-order valence-corrected chi connectivity index (χ1v) is 11.8. The Kier molecular flexibility index (Phi) is 9.31. The highest BCUT2D eigenvalue weighted by Gasteiger charge is 2.32. The number of carbonyl (C=O) groups is 2. The lowest BCUT2D eigenvalue weighted by Crippen LogP contribution is -2.48. The Balaban J connectivity index is 1.54. The summed E-state index contributed by atoms with van der Waals surface area (Å²) in [5.41, 5.74) is 2.37. The quantitative estimate of drug-likeness (QED) is 0.510. The zero-order valence-electron chi connectivity index (χ0n) is 19.6. The molecule has 0 aromatic heterocycles. The zero-order valence-corrected chi connectivity index (χ0v) is 19.6. The van der Waals surface area contributed by atoms with E-state index in [1.807, 2.05) is 41.3 Å². The Bertz CT molecular complexity index is 892. The number of piperidine rings is 1. The van der Waals surface area contributed by atoms with E-state index in [1.165, 1.54) is 5.56 Å². The van der Waals surface area contributed by atoms with Crippen LogP contribution in [0.3, 0.4) is 0 Å². The number of para-hydroxylation sites is 1. The highest BCUT2D eigenvalue weighted by molar-refractivity contribution is 5.82. The fraction of sp³-hybridized carbons (Fsp3) is 0.481. The Hall–Kier alpha value is -2.86. The van der Waals surface area contributed by atoms with Gasteiger partial charge >= 0.3 is 11.9 Å². The van der Waals surface area contributed by atoms with Crippen molar-refractivity contribution in [1.82, 2.24) is 4.90 Å². The van der Waals surface area contributed by atoms with Crippen molar-refractivity contribution in [3.63, 3.8) is 0 Å². The minimum atomic E-state index is -0.994. The third-order valence-electron chi connectivity index (χ3n) is 6.19. The number of carboxylic acids is 1. The van der Waals surface area contributed by atoms with Crippen LogP contribution in [0.25, 0.3) is 0 Å². The van der Waals surface area contributed by atoms with Gasteiger partial charge in [0.25, 0.3) is 0 Å². The fourth-order valence-electron chi connectivity index (χ4n) is 4.16. The summed E-state index contributed by atoms with van der Waals surface area (Å²) in [6.07, 6.45) is 2.95. The molecule has 0 amide bonds. The first-order chi connectivity index (χ1) is 15.9. The number of esters is 1. The maximum atomic E-state index is 12.8. The standard InChI is InChI=1S/C27H35NO5/c1-20-14-16-28(17-15-20)24(18-26(29)30)27(31)33-21(2)19-32-25-11-7-6-10-23(25)13-12-22-8-4-3-5-9-22/h3-11,20-21,24H,12-19H2,1-2H3,(H,29,30). The highest BCUT2D eigenvalue weighted by atomic mass is 16.6. The van der Waals surface area contributed by atoms with E-state index in [9.17, 15) is 14.7 Å². The van der Waals surface area contributed by atoms with Crippen molar-refractivity contribution in [2.45, 2.75) is 58.1 Å². The molecule has 0 spiro atoms. The number of benzene rings is 2. The topological polar surface area (TPSA) is 76.1 Å². The van der Waals surface area contributed by atoms with E-state index in [4.69, 9.17) is 9.47 Å². The van der Waals surface area contributed by atoms with Crippen LogP contribution in [0.5, 0.6) is 5.75 Å². The van der Waals surface area contributed by atoms with Crippen molar-refractivity contribution >= 4 is 11.9 Å². The van der Waals surface area contributed by atoms with Gasteiger partial charge in [0, 0.05) is 0 Å². The number of aliphatic carboxylic acids is 1. The molecule has 178 valence electrons. The summed E-state index contributed by atoms with van der Waals surface area (Å²) in [4.78, 5) is 26.1. The predicted octanol–water partition coefficient (Wildman–Crippen LogP) is 4.36. The molecule has 1 saturated heterocycles. The second-order valence-electron chi connectivity index (χ2n) is 8.98. The monoisotopic (exact) mass is 453 g/mol. The number of hydrogen-bond acceptors (Lipinski definition) is 5. The number of nitrogens with zero attached hydrogens (tertiary/aromatic N) is 1. The van der Waals surface area contributed by atoms with Crippen LogP contribution in [0.2, 0.25) is 0 Å². The lowest BCUT2D eigenvalue weighted by molar-refractivity contribution is -0.160. The van der Waals surface area contributed by atoms with Crippen LogP contribution in [0, 0.1) is 5.92 Å². The summed E-state index contributed by atoms with van der Waals surface area (Å²) in [6, 6.07) is 17.5. The second kappa shape index (κ2) is 12.4. The van der Waals surface area contributed by atoms with Crippen LogP contribution in [0.15, 0.2) is 54.6 Å². The van der Waals surface area contributed by atoms with Gasteiger partial charge in [0.2, 0.25) is 0 Å². The third-order valence-corrected chi connectivity index (χ3v) is 6.19. The van der Waals surface area contributed by atoms with Crippen LogP contribution >= 0.6 is 0 Å². The minimum Gasteiger partial charge on any atom is -0.489 e. The molecule has 2 aromatic carbocycles. The van der Waals surface area contributed by atoms with Crippen molar-refractivity contribution in [1.29, 1.82) is 0 Å². The highest BCUT2D eigenvalue weighted by Crippen LogP contribution is 2.22. The van der Waals surface area contributed by atoms with Crippen LogP contribution in [0.1, 0.15) is 44.2 Å². The van der Waals surface area contributed by atoms with Crippen molar-refractivity contribution in [3.05, 3.63) is 65.7 Å². The number of hydrogen-bond donors (Lipinski definition) is 1. The maximum Gasteiger partial charge on any atom is 0.324 e. The lowest BCUT2D eigenvalue weighted by Gasteiger charge is -2.35. The summed E-state index contributed by atoms with van der Waals surface area (Å²) in [5, 5.41) is 9.31. The van der Waals surface area contributed by atoms with E-state index in [0.717, 1.165) is 37.0 Å². The molecule has 0 bridgehead atoms. The van der Waals surface area contributed by atoms with Crippen molar-refractivity contribution in [2.24, 2.45) is 5.92 Å². The van der Waals surface area contributed by atoms with Crippen LogP contribution in [0.4, 0.5) is 0 Å². The molecule has 0 radical (unpaired) electrons. The van der Waals surface area contributed by atoms with E-state index in [-0.39, 0.29) is 13.0 Å². The van der Waals surface area contributed by atoms with Gasteiger partial charge in [-0.25, -0.2) is 0 Å². The van der Waals surface area contributed by atoms with Gasteiger partial charge in [0.1, 0.15) is 24.5 Å². The van der Waals surface area contributed by atoms with Gasteiger partial charge in [-0.15, -0.1) is 0 Å². The van der Waals surface area contributed by atoms with Gasteiger partial charge in [-0.2, -0.15) is 0 Å². The van der Waals surface area contributed by atoms with Gasteiger partial charge in [-0.05, 0) is 68.8 Å². The Morgan fingerprint density at radius 3 is 2.39 bits per heavy atom. The van der Waals surface area contributed by atoms with E-state index < -0.39 is 24.1 Å². The number of likely N-dealkylation sites (tertiary alicyclic amines) is 1. The normalized spacial score (nSPS) is 16.7. The molecule has 1 heterocycles. The molecule has 1 aliphatic heterocycles. The van der Waals surface area contributed by atoms with Crippen molar-refractivity contribution in [2.75, 3.05) is 19.7 Å². The number of ether oxygens (including phenoxy) is 2. The summed E-state index contributed by atoms with van der Waals surface area (Å²) in [7, 11) is 0. The van der Waals surface area contributed by atoms with E-state index in [0.29, 0.717) is 19.0 Å². The first-order valence-electron chi connectivity index (χ1n) is 11.8.